The Morgan fingerprint density at radius 3 is 2.62 bits per heavy atom. The topological polar surface area (TPSA) is 50.2 Å². The average molecular weight is 311 g/mol. The molecule has 0 saturated heterocycles. The molecule has 0 aliphatic carbocycles. The molecule has 24 heavy (non-hydrogen) atoms. The molecule has 0 bridgehead atoms. The lowest BCUT2D eigenvalue weighted by atomic mass is 10.1. The fourth-order valence-electron chi connectivity index (χ4n) is 3.25. The lowest BCUT2D eigenvalue weighted by Gasteiger charge is -2.09. The van der Waals surface area contributed by atoms with Crippen LogP contribution in [0.15, 0.2) is 77.7 Å². The molecule has 5 aromatic rings. The highest BCUT2D eigenvalue weighted by Gasteiger charge is 2.13. The van der Waals surface area contributed by atoms with Gasteiger partial charge in [0.1, 0.15) is 5.69 Å². The Bertz CT molecular complexity index is 1280. The summed E-state index contributed by atoms with van der Waals surface area (Å²) in [5, 5.41) is 0.992. The largest absolute Gasteiger partial charge is 0.321 e. The van der Waals surface area contributed by atoms with E-state index in [1.807, 2.05) is 72.9 Å². The van der Waals surface area contributed by atoms with Crippen LogP contribution in [0.4, 0.5) is 0 Å². The van der Waals surface area contributed by atoms with Gasteiger partial charge in [-0.15, -0.1) is 0 Å². The number of aromatic amines is 1. The van der Waals surface area contributed by atoms with Crippen LogP contribution in [0, 0.1) is 0 Å². The number of aromatic nitrogens is 3. The van der Waals surface area contributed by atoms with E-state index in [1.54, 1.807) is 0 Å². The Morgan fingerprint density at radius 2 is 1.67 bits per heavy atom. The first kappa shape index (κ1) is 13.1. The monoisotopic (exact) mass is 311 g/mol. The molecular formula is C20H13N3O. The second-order valence-corrected chi connectivity index (χ2v) is 5.81. The van der Waals surface area contributed by atoms with Gasteiger partial charge in [0.15, 0.2) is 0 Å². The summed E-state index contributed by atoms with van der Waals surface area (Å²) < 4.78 is 2.08. The molecule has 0 aliphatic heterocycles. The van der Waals surface area contributed by atoms with Gasteiger partial charge in [-0.1, -0.05) is 30.3 Å². The summed E-state index contributed by atoms with van der Waals surface area (Å²) in [6.45, 7) is 0. The Balaban J connectivity index is 1.93. The number of para-hydroxylation sites is 3. The molecule has 0 saturated carbocycles. The second-order valence-electron chi connectivity index (χ2n) is 5.81. The van der Waals surface area contributed by atoms with Crippen molar-refractivity contribution in [3.8, 4) is 11.3 Å². The first-order valence-electron chi connectivity index (χ1n) is 7.79. The number of hydrogen-bond donors (Lipinski definition) is 1. The number of H-pyrrole nitrogens is 1. The highest BCUT2D eigenvalue weighted by atomic mass is 16.1. The van der Waals surface area contributed by atoms with Gasteiger partial charge < -0.3 is 9.38 Å². The summed E-state index contributed by atoms with van der Waals surface area (Å²) in [7, 11) is 0. The molecule has 4 heteroatoms. The number of rotatable bonds is 1. The van der Waals surface area contributed by atoms with Crippen LogP contribution in [0.25, 0.3) is 38.7 Å². The van der Waals surface area contributed by atoms with Crippen molar-refractivity contribution in [1.82, 2.24) is 14.4 Å². The number of nitrogens with zero attached hydrogens (tertiary/aromatic N) is 2. The molecule has 114 valence electrons. The maximum absolute atomic E-state index is 12.6. The lowest BCUT2D eigenvalue weighted by Crippen LogP contribution is -2.10. The molecule has 4 nitrogen and oxygen atoms in total. The summed E-state index contributed by atoms with van der Waals surface area (Å²) >= 11 is 0. The van der Waals surface area contributed by atoms with Gasteiger partial charge in [0.05, 0.1) is 22.1 Å². The van der Waals surface area contributed by atoms with Gasteiger partial charge in [-0.05, 0) is 41.8 Å². The maximum atomic E-state index is 12.6. The van der Waals surface area contributed by atoms with Gasteiger partial charge >= 0.3 is 0 Å². The van der Waals surface area contributed by atoms with Gasteiger partial charge in [0, 0.05) is 11.7 Å². The van der Waals surface area contributed by atoms with Crippen LogP contribution in [0.3, 0.4) is 0 Å². The molecule has 3 heterocycles. The molecule has 1 N–H and O–H groups in total. The molecule has 0 atom stereocenters. The molecule has 5 rings (SSSR count). The van der Waals surface area contributed by atoms with Crippen molar-refractivity contribution in [2.24, 2.45) is 0 Å². The van der Waals surface area contributed by atoms with E-state index >= 15 is 0 Å². The Labute approximate surface area is 137 Å². The molecule has 0 radical (unpaired) electrons. The van der Waals surface area contributed by atoms with Crippen LogP contribution in [-0.2, 0) is 0 Å². The third kappa shape index (κ3) is 1.80. The molecule has 0 aliphatic rings. The summed E-state index contributed by atoms with van der Waals surface area (Å²) in [6.07, 6.45) is 2.00. The van der Waals surface area contributed by atoms with Crippen molar-refractivity contribution < 1.29 is 0 Å². The van der Waals surface area contributed by atoms with Crippen LogP contribution in [-0.4, -0.2) is 14.4 Å². The van der Waals surface area contributed by atoms with Crippen molar-refractivity contribution in [1.29, 1.82) is 0 Å². The first-order valence-corrected chi connectivity index (χ1v) is 7.79. The smallest absolute Gasteiger partial charge is 0.257 e. The normalized spacial score (nSPS) is 11.5. The number of fused-ring (bicyclic) bond motifs is 4. The summed E-state index contributed by atoms with van der Waals surface area (Å²) in [5.74, 6) is 0. The predicted octanol–water partition coefficient (Wildman–Crippen LogP) is 4.00. The van der Waals surface area contributed by atoms with Crippen molar-refractivity contribution in [2.45, 2.75) is 0 Å². The van der Waals surface area contributed by atoms with Crippen LogP contribution < -0.4 is 5.56 Å². The van der Waals surface area contributed by atoms with E-state index < -0.39 is 0 Å². The van der Waals surface area contributed by atoms with Gasteiger partial charge in [-0.2, -0.15) is 0 Å². The third-order valence-corrected chi connectivity index (χ3v) is 4.37. The number of pyridine rings is 1. The van der Waals surface area contributed by atoms with E-state index in [-0.39, 0.29) is 5.56 Å². The van der Waals surface area contributed by atoms with Crippen LogP contribution >= 0.6 is 0 Å². The minimum absolute atomic E-state index is 0.125. The zero-order valence-electron chi connectivity index (χ0n) is 12.7. The Hall–Kier alpha value is -3.40. The van der Waals surface area contributed by atoms with Gasteiger partial charge in [0.25, 0.3) is 5.56 Å². The van der Waals surface area contributed by atoms with E-state index in [4.69, 9.17) is 4.98 Å². The zero-order chi connectivity index (χ0) is 16.1. The summed E-state index contributed by atoms with van der Waals surface area (Å²) in [5.41, 5.74) is 4.81. The summed E-state index contributed by atoms with van der Waals surface area (Å²) in [4.78, 5) is 20.4. The van der Waals surface area contributed by atoms with Crippen LogP contribution in [0.5, 0.6) is 0 Å². The molecule has 0 unspecified atom stereocenters. The number of hydrogen-bond acceptors (Lipinski definition) is 2. The van der Waals surface area contributed by atoms with Gasteiger partial charge in [0.2, 0.25) is 0 Å². The average Bonchev–Trinajstić information content (AvgIpc) is 3.10. The molecular weight excluding hydrogens is 298 g/mol. The van der Waals surface area contributed by atoms with E-state index in [0.29, 0.717) is 11.3 Å². The van der Waals surface area contributed by atoms with E-state index in [1.165, 1.54) is 0 Å². The van der Waals surface area contributed by atoms with Crippen LogP contribution in [0.1, 0.15) is 0 Å². The van der Waals surface area contributed by atoms with Crippen molar-refractivity contribution in [2.75, 3.05) is 0 Å². The Kier molecular flexibility index (Phi) is 2.61. The highest BCUT2D eigenvalue weighted by molar-refractivity contribution is 5.90. The maximum Gasteiger partial charge on any atom is 0.257 e. The van der Waals surface area contributed by atoms with E-state index in [2.05, 4.69) is 9.38 Å². The minimum atomic E-state index is -0.125. The highest BCUT2D eigenvalue weighted by Crippen LogP contribution is 2.26. The van der Waals surface area contributed by atoms with Gasteiger partial charge in [-0.3, -0.25) is 4.79 Å². The number of nitrogens with one attached hydrogen (secondary N) is 1. The van der Waals surface area contributed by atoms with Crippen molar-refractivity contribution >= 4 is 27.5 Å². The first-order chi connectivity index (χ1) is 11.8. The minimum Gasteiger partial charge on any atom is -0.321 e. The summed E-state index contributed by atoms with van der Waals surface area (Å²) in [6, 6.07) is 21.6. The van der Waals surface area contributed by atoms with Crippen molar-refractivity contribution in [3.63, 3.8) is 0 Å². The molecule has 0 spiro atoms. The fourth-order valence-corrected chi connectivity index (χ4v) is 3.25. The second kappa shape index (κ2) is 4.80. The standard InChI is InChI=1S/C20H13N3O/c24-20-14(12-13-6-1-2-7-15(13)22-20)19-18-10-5-11-23(18)17-9-4-3-8-16(17)21-19/h1-12H,(H,22,24). The van der Waals surface area contributed by atoms with Crippen molar-refractivity contribution in [3.05, 3.63) is 83.3 Å². The fraction of sp³-hybridized carbons (Fsp3) is 0. The van der Waals surface area contributed by atoms with Crippen LogP contribution in [0.2, 0.25) is 0 Å². The SMILES string of the molecule is O=c1[nH]c2ccccc2cc1-c1nc2ccccc2n2cccc12. The molecule has 3 aromatic heterocycles. The quantitative estimate of drug-likeness (QED) is 0.509. The molecule has 2 aromatic carbocycles. The number of benzene rings is 2. The van der Waals surface area contributed by atoms with E-state index in [0.717, 1.165) is 27.5 Å². The predicted molar refractivity (Wildman–Crippen MR) is 96.3 cm³/mol. The molecule has 0 fully saturated rings. The van der Waals surface area contributed by atoms with E-state index in [9.17, 15) is 4.79 Å². The molecule has 0 amide bonds. The third-order valence-electron chi connectivity index (χ3n) is 4.37. The zero-order valence-corrected chi connectivity index (χ0v) is 12.7. The Morgan fingerprint density at radius 1 is 0.875 bits per heavy atom. The lowest BCUT2D eigenvalue weighted by molar-refractivity contribution is 1.21. The van der Waals surface area contributed by atoms with Gasteiger partial charge in [-0.25, -0.2) is 4.98 Å².